The van der Waals surface area contributed by atoms with Crippen molar-refractivity contribution in [3.63, 3.8) is 0 Å². The Morgan fingerprint density at radius 1 is 1.00 bits per heavy atom. The van der Waals surface area contributed by atoms with Crippen molar-refractivity contribution in [2.45, 2.75) is 27.2 Å². The summed E-state index contributed by atoms with van der Waals surface area (Å²) < 4.78 is 0. The standard InChI is InChI=1S/C17H24N4/c1-13(2)12-19-17-11-16(20-14(3)21-17)18-10-9-15-7-5-4-6-8-15/h4-8,11,13H,9-10,12H2,1-3H3,(H2,18,19,20,21). The molecule has 21 heavy (non-hydrogen) atoms. The van der Waals surface area contributed by atoms with E-state index >= 15 is 0 Å². The van der Waals surface area contributed by atoms with E-state index in [1.165, 1.54) is 5.56 Å². The lowest BCUT2D eigenvalue weighted by Crippen LogP contribution is -2.12. The first-order chi connectivity index (χ1) is 10.1. The van der Waals surface area contributed by atoms with Crippen molar-refractivity contribution < 1.29 is 0 Å². The summed E-state index contributed by atoms with van der Waals surface area (Å²) >= 11 is 0. The van der Waals surface area contributed by atoms with Crippen molar-refractivity contribution in [1.29, 1.82) is 0 Å². The molecule has 1 heterocycles. The van der Waals surface area contributed by atoms with Gasteiger partial charge in [-0.3, -0.25) is 0 Å². The number of benzene rings is 1. The number of rotatable bonds is 7. The predicted octanol–water partition coefficient (Wildman–Crippen LogP) is 3.51. The molecule has 4 heteroatoms. The van der Waals surface area contributed by atoms with Crippen LogP contribution in [0, 0.1) is 12.8 Å². The van der Waals surface area contributed by atoms with Gasteiger partial charge in [-0.1, -0.05) is 44.2 Å². The summed E-state index contributed by atoms with van der Waals surface area (Å²) in [5, 5.41) is 6.71. The van der Waals surface area contributed by atoms with Crippen molar-refractivity contribution >= 4 is 11.6 Å². The van der Waals surface area contributed by atoms with Crippen LogP contribution in [0.5, 0.6) is 0 Å². The fourth-order valence-electron chi connectivity index (χ4n) is 2.04. The van der Waals surface area contributed by atoms with E-state index in [1.807, 2.05) is 19.1 Å². The van der Waals surface area contributed by atoms with Gasteiger partial charge >= 0.3 is 0 Å². The predicted molar refractivity (Wildman–Crippen MR) is 88.7 cm³/mol. The zero-order valence-electron chi connectivity index (χ0n) is 13.1. The molecule has 0 radical (unpaired) electrons. The zero-order valence-corrected chi connectivity index (χ0v) is 13.1. The molecule has 0 aliphatic heterocycles. The quantitative estimate of drug-likeness (QED) is 0.817. The third-order valence-corrected chi connectivity index (χ3v) is 3.09. The smallest absolute Gasteiger partial charge is 0.131 e. The van der Waals surface area contributed by atoms with Crippen molar-refractivity contribution in [3.05, 3.63) is 47.8 Å². The van der Waals surface area contributed by atoms with E-state index < -0.39 is 0 Å². The lowest BCUT2D eigenvalue weighted by atomic mass is 10.1. The van der Waals surface area contributed by atoms with Crippen LogP contribution in [0.1, 0.15) is 25.2 Å². The van der Waals surface area contributed by atoms with E-state index in [0.29, 0.717) is 5.92 Å². The summed E-state index contributed by atoms with van der Waals surface area (Å²) in [4.78, 5) is 8.84. The molecule has 2 rings (SSSR count). The molecule has 0 fully saturated rings. The Balaban J connectivity index is 1.90. The van der Waals surface area contributed by atoms with Gasteiger partial charge < -0.3 is 10.6 Å². The molecule has 0 aliphatic rings. The van der Waals surface area contributed by atoms with E-state index in [-0.39, 0.29) is 0 Å². The minimum Gasteiger partial charge on any atom is -0.370 e. The van der Waals surface area contributed by atoms with Crippen LogP contribution in [-0.4, -0.2) is 23.1 Å². The fraction of sp³-hybridized carbons (Fsp3) is 0.412. The monoisotopic (exact) mass is 284 g/mol. The topological polar surface area (TPSA) is 49.8 Å². The first-order valence-electron chi connectivity index (χ1n) is 7.51. The molecule has 0 saturated carbocycles. The van der Waals surface area contributed by atoms with Gasteiger partial charge in [0.15, 0.2) is 0 Å². The molecular formula is C17H24N4. The molecule has 0 spiro atoms. The van der Waals surface area contributed by atoms with Gasteiger partial charge in [0.05, 0.1) is 0 Å². The van der Waals surface area contributed by atoms with E-state index in [4.69, 9.17) is 0 Å². The Hall–Kier alpha value is -2.10. The highest BCUT2D eigenvalue weighted by molar-refractivity contribution is 5.47. The third-order valence-electron chi connectivity index (χ3n) is 3.09. The summed E-state index contributed by atoms with van der Waals surface area (Å²) in [6, 6.07) is 12.4. The van der Waals surface area contributed by atoms with Crippen LogP contribution in [0.2, 0.25) is 0 Å². The number of aryl methyl sites for hydroxylation is 1. The second-order valence-electron chi connectivity index (χ2n) is 5.62. The summed E-state index contributed by atoms with van der Waals surface area (Å²) in [7, 11) is 0. The molecule has 112 valence electrons. The molecule has 0 atom stereocenters. The van der Waals surface area contributed by atoms with Crippen LogP contribution < -0.4 is 10.6 Å². The van der Waals surface area contributed by atoms with E-state index in [2.05, 4.69) is 58.7 Å². The molecule has 1 aromatic heterocycles. The molecular weight excluding hydrogens is 260 g/mol. The zero-order chi connectivity index (χ0) is 15.1. The summed E-state index contributed by atoms with van der Waals surface area (Å²) in [5.74, 6) is 3.14. The van der Waals surface area contributed by atoms with Crippen LogP contribution in [0.25, 0.3) is 0 Å². The maximum Gasteiger partial charge on any atom is 0.131 e. The highest BCUT2D eigenvalue weighted by atomic mass is 15.1. The van der Waals surface area contributed by atoms with Gasteiger partial charge in [-0.05, 0) is 24.8 Å². The Morgan fingerprint density at radius 2 is 1.67 bits per heavy atom. The SMILES string of the molecule is Cc1nc(NCCc2ccccc2)cc(NCC(C)C)n1. The van der Waals surface area contributed by atoms with Gasteiger partial charge in [0, 0.05) is 19.2 Å². The summed E-state index contributed by atoms with van der Waals surface area (Å²) in [6.07, 6.45) is 0.985. The van der Waals surface area contributed by atoms with Crippen molar-refractivity contribution in [1.82, 2.24) is 9.97 Å². The Kier molecular flexibility index (Phi) is 5.55. The van der Waals surface area contributed by atoms with Crippen molar-refractivity contribution in [2.75, 3.05) is 23.7 Å². The number of nitrogens with zero attached hydrogens (tertiary/aromatic N) is 2. The second-order valence-corrected chi connectivity index (χ2v) is 5.62. The minimum atomic E-state index is 0.592. The largest absolute Gasteiger partial charge is 0.370 e. The highest BCUT2D eigenvalue weighted by Gasteiger charge is 2.02. The van der Waals surface area contributed by atoms with Gasteiger partial charge in [-0.25, -0.2) is 9.97 Å². The molecule has 2 N–H and O–H groups in total. The van der Waals surface area contributed by atoms with Crippen LogP contribution in [0.15, 0.2) is 36.4 Å². The number of aromatic nitrogens is 2. The van der Waals surface area contributed by atoms with Crippen LogP contribution in [-0.2, 0) is 6.42 Å². The lowest BCUT2D eigenvalue weighted by Gasteiger charge is -2.11. The van der Waals surface area contributed by atoms with Gasteiger partial charge in [0.25, 0.3) is 0 Å². The van der Waals surface area contributed by atoms with E-state index in [0.717, 1.165) is 37.0 Å². The molecule has 0 bridgehead atoms. The molecule has 2 aromatic rings. The average molecular weight is 284 g/mol. The van der Waals surface area contributed by atoms with Gasteiger partial charge in [0.2, 0.25) is 0 Å². The van der Waals surface area contributed by atoms with Crippen molar-refractivity contribution in [2.24, 2.45) is 5.92 Å². The van der Waals surface area contributed by atoms with Crippen molar-refractivity contribution in [3.8, 4) is 0 Å². The van der Waals surface area contributed by atoms with Crippen LogP contribution in [0.3, 0.4) is 0 Å². The molecule has 0 unspecified atom stereocenters. The minimum absolute atomic E-state index is 0.592. The summed E-state index contributed by atoms with van der Waals surface area (Å²) in [6.45, 7) is 8.06. The Morgan fingerprint density at radius 3 is 2.33 bits per heavy atom. The highest BCUT2D eigenvalue weighted by Crippen LogP contribution is 2.12. The number of nitrogens with one attached hydrogen (secondary N) is 2. The second kappa shape index (κ2) is 7.62. The van der Waals surface area contributed by atoms with Gasteiger partial charge in [0.1, 0.15) is 17.5 Å². The maximum atomic E-state index is 4.43. The Labute approximate surface area is 127 Å². The number of hydrogen-bond acceptors (Lipinski definition) is 4. The molecule has 1 aromatic carbocycles. The Bertz CT molecular complexity index is 552. The number of hydrogen-bond donors (Lipinski definition) is 2. The van der Waals surface area contributed by atoms with Crippen LogP contribution in [0.4, 0.5) is 11.6 Å². The van der Waals surface area contributed by atoms with Gasteiger partial charge in [-0.15, -0.1) is 0 Å². The lowest BCUT2D eigenvalue weighted by molar-refractivity contribution is 0.686. The van der Waals surface area contributed by atoms with Crippen LogP contribution >= 0.6 is 0 Å². The van der Waals surface area contributed by atoms with E-state index in [1.54, 1.807) is 0 Å². The molecule has 0 amide bonds. The number of anilines is 2. The maximum absolute atomic E-state index is 4.43. The normalized spacial score (nSPS) is 10.7. The average Bonchev–Trinajstić information content (AvgIpc) is 2.46. The van der Waals surface area contributed by atoms with Gasteiger partial charge in [-0.2, -0.15) is 0 Å². The van der Waals surface area contributed by atoms with E-state index in [9.17, 15) is 0 Å². The first kappa shape index (κ1) is 15.3. The molecule has 4 nitrogen and oxygen atoms in total. The molecule has 0 saturated heterocycles. The summed E-state index contributed by atoms with van der Waals surface area (Å²) in [5.41, 5.74) is 1.33. The third kappa shape index (κ3) is 5.42. The first-order valence-corrected chi connectivity index (χ1v) is 7.51. The fourth-order valence-corrected chi connectivity index (χ4v) is 2.04. The molecule has 0 aliphatic carbocycles.